The Bertz CT molecular complexity index is 1110. The molecule has 3 heterocycles. The molecule has 3 aromatic rings. The van der Waals surface area contributed by atoms with Crippen molar-refractivity contribution in [3.8, 4) is 5.69 Å². The fourth-order valence-corrected chi connectivity index (χ4v) is 3.59. The van der Waals surface area contributed by atoms with Gasteiger partial charge in [-0.2, -0.15) is 0 Å². The van der Waals surface area contributed by atoms with E-state index in [0.717, 1.165) is 11.4 Å². The van der Waals surface area contributed by atoms with Gasteiger partial charge in [-0.15, -0.1) is 0 Å². The summed E-state index contributed by atoms with van der Waals surface area (Å²) < 4.78 is 21.3. The predicted octanol–water partition coefficient (Wildman–Crippen LogP) is 3.87. The minimum atomic E-state index is -0.393. The number of ether oxygens (including phenoxy) is 1. The van der Waals surface area contributed by atoms with E-state index < -0.39 is 6.04 Å². The van der Waals surface area contributed by atoms with Gasteiger partial charge in [0.25, 0.3) is 0 Å². The molecule has 0 spiro atoms. The SMILES string of the molecule is COC(=O)CC[C@@H]1N=C(c2ccccn2)c2cc(F)c(C)cc2-n2c(C)cnc21. The van der Waals surface area contributed by atoms with Crippen LogP contribution in [0, 0.1) is 19.7 Å². The Hall–Kier alpha value is -3.35. The average molecular weight is 392 g/mol. The normalized spacial score (nSPS) is 15.2. The first-order valence-corrected chi connectivity index (χ1v) is 9.40. The van der Waals surface area contributed by atoms with Crippen molar-refractivity contribution in [1.29, 1.82) is 0 Å². The minimum Gasteiger partial charge on any atom is -0.469 e. The number of halogens is 1. The molecule has 0 fully saturated rings. The molecule has 0 radical (unpaired) electrons. The van der Waals surface area contributed by atoms with Crippen molar-refractivity contribution in [3.63, 3.8) is 0 Å². The molecule has 0 unspecified atom stereocenters. The molecule has 0 N–H and O–H groups in total. The summed E-state index contributed by atoms with van der Waals surface area (Å²) in [5, 5.41) is 0. The smallest absolute Gasteiger partial charge is 0.305 e. The number of hydrogen-bond acceptors (Lipinski definition) is 5. The lowest BCUT2D eigenvalue weighted by Gasteiger charge is -2.15. The Morgan fingerprint density at radius 2 is 2.07 bits per heavy atom. The van der Waals surface area contributed by atoms with E-state index in [1.165, 1.54) is 13.2 Å². The van der Waals surface area contributed by atoms with Crippen LogP contribution >= 0.6 is 0 Å². The quantitative estimate of drug-likeness (QED) is 0.632. The molecule has 2 aromatic heterocycles. The zero-order chi connectivity index (χ0) is 20.5. The second-order valence-electron chi connectivity index (χ2n) is 7.04. The Kier molecular flexibility index (Phi) is 4.96. The van der Waals surface area contributed by atoms with Crippen LogP contribution in [0.1, 0.15) is 47.2 Å². The van der Waals surface area contributed by atoms with Crippen molar-refractivity contribution in [2.24, 2.45) is 4.99 Å². The third-order valence-electron chi connectivity index (χ3n) is 5.08. The maximum atomic E-state index is 14.6. The molecule has 4 rings (SSSR count). The number of aryl methyl sites for hydroxylation is 2. The fourth-order valence-electron chi connectivity index (χ4n) is 3.59. The molecule has 0 bridgehead atoms. The van der Waals surface area contributed by atoms with Crippen molar-refractivity contribution in [3.05, 3.63) is 76.9 Å². The highest BCUT2D eigenvalue weighted by molar-refractivity contribution is 6.14. The third-order valence-corrected chi connectivity index (χ3v) is 5.08. The van der Waals surface area contributed by atoms with Gasteiger partial charge >= 0.3 is 5.97 Å². The number of carbonyl (C=O) groups excluding carboxylic acids is 1. The zero-order valence-corrected chi connectivity index (χ0v) is 16.5. The van der Waals surface area contributed by atoms with Crippen molar-refractivity contribution < 1.29 is 13.9 Å². The summed E-state index contributed by atoms with van der Waals surface area (Å²) in [5.41, 5.74) is 4.13. The van der Waals surface area contributed by atoms with Crippen molar-refractivity contribution in [1.82, 2.24) is 14.5 Å². The first kappa shape index (κ1) is 19.0. The largest absolute Gasteiger partial charge is 0.469 e. The summed E-state index contributed by atoms with van der Waals surface area (Å²) in [4.78, 5) is 25.7. The molecule has 7 heteroatoms. The van der Waals surface area contributed by atoms with Crippen LogP contribution in [0.5, 0.6) is 0 Å². The first-order valence-electron chi connectivity index (χ1n) is 9.40. The van der Waals surface area contributed by atoms with Gasteiger partial charge in [0.15, 0.2) is 0 Å². The summed E-state index contributed by atoms with van der Waals surface area (Å²) in [6.45, 7) is 3.68. The number of hydrogen-bond donors (Lipinski definition) is 0. The topological polar surface area (TPSA) is 69.4 Å². The van der Waals surface area contributed by atoms with Crippen LogP contribution in [0.15, 0.2) is 47.7 Å². The fraction of sp³-hybridized carbons (Fsp3) is 0.273. The van der Waals surface area contributed by atoms with E-state index in [1.54, 1.807) is 19.3 Å². The molecule has 0 amide bonds. The van der Waals surface area contributed by atoms with Gasteiger partial charge in [-0.3, -0.25) is 19.3 Å². The van der Waals surface area contributed by atoms with Gasteiger partial charge in [0, 0.05) is 30.1 Å². The van der Waals surface area contributed by atoms with Gasteiger partial charge in [0.05, 0.1) is 24.2 Å². The van der Waals surface area contributed by atoms with Crippen LogP contribution in [-0.2, 0) is 9.53 Å². The number of benzene rings is 1. The van der Waals surface area contributed by atoms with E-state index in [1.807, 2.05) is 35.8 Å². The summed E-state index contributed by atoms with van der Waals surface area (Å²) in [6.07, 6.45) is 4.08. The van der Waals surface area contributed by atoms with Gasteiger partial charge in [-0.25, -0.2) is 9.37 Å². The number of fused-ring (bicyclic) bond motifs is 3. The maximum absolute atomic E-state index is 14.6. The molecule has 1 aliphatic heterocycles. The number of aliphatic imine (C=N–C) groups is 1. The third kappa shape index (κ3) is 3.44. The molecular weight excluding hydrogens is 371 g/mol. The van der Waals surface area contributed by atoms with Crippen LogP contribution in [0.4, 0.5) is 4.39 Å². The Labute approximate surface area is 168 Å². The number of imidazole rings is 1. The number of methoxy groups -OCH3 is 1. The number of esters is 1. The van der Waals surface area contributed by atoms with E-state index in [9.17, 15) is 9.18 Å². The Balaban J connectivity index is 1.96. The molecule has 1 aromatic carbocycles. The van der Waals surface area contributed by atoms with E-state index in [0.29, 0.717) is 34.8 Å². The molecule has 0 saturated heterocycles. The van der Waals surface area contributed by atoms with Crippen molar-refractivity contribution >= 4 is 11.7 Å². The molecule has 0 saturated carbocycles. The predicted molar refractivity (Wildman–Crippen MR) is 107 cm³/mol. The molecule has 6 nitrogen and oxygen atoms in total. The Morgan fingerprint density at radius 3 is 2.79 bits per heavy atom. The molecule has 0 aliphatic carbocycles. The van der Waals surface area contributed by atoms with Gasteiger partial charge in [-0.1, -0.05) is 6.07 Å². The van der Waals surface area contributed by atoms with Gasteiger partial charge in [0.2, 0.25) is 0 Å². The summed E-state index contributed by atoms with van der Waals surface area (Å²) in [5.74, 6) is 0.0994. The summed E-state index contributed by atoms with van der Waals surface area (Å²) in [6, 6.07) is 8.46. The van der Waals surface area contributed by atoms with Crippen LogP contribution in [0.2, 0.25) is 0 Å². The molecule has 1 atom stereocenters. The number of carbonyl (C=O) groups is 1. The highest BCUT2D eigenvalue weighted by atomic mass is 19.1. The molecule has 29 heavy (non-hydrogen) atoms. The zero-order valence-electron chi connectivity index (χ0n) is 16.5. The van der Waals surface area contributed by atoms with E-state index in [2.05, 4.69) is 9.97 Å². The number of rotatable bonds is 4. The van der Waals surface area contributed by atoms with Gasteiger partial charge < -0.3 is 4.74 Å². The van der Waals surface area contributed by atoms with Gasteiger partial charge in [0.1, 0.15) is 17.7 Å². The molecule has 1 aliphatic rings. The number of nitrogens with zero attached hydrogens (tertiary/aromatic N) is 4. The van der Waals surface area contributed by atoms with E-state index in [4.69, 9.17) is 9.73 Å². The van der Waals surface area contributed by atoms with Gasteiger partial charge in [-0.05, 0) is 50.1 Å². The van der Waals surface area contributed by atoms with Crippen molar-refractivity contribution in [2.75, 3.05) is 7.11 Å². The Morgan fingerprint density at radius 1 is 1.24 bits per heavy atom. The molecular formula is C22H21FN4O2. The van der Waals surface area contributed by atoms with E-state index >= 15 is 0 Å². The van der Waals surface area contributed by atoms with E-state index in [-0.39, 0.29) is 18.2 Å². The van der Waals surface area contributed by atoms with Crippen LogP contribution in [0.3, 0.4) is 0 Å². The summed E-state index contributed by atoms with van der Waals surface area (Å²) >= 11 is 0. The highest BCUT2D eigenvalue weighted by Gasteiger charge is 2.28. The number of aromatic nitrogens is 3. The average Bonchev–Trinajstić information content (AvgIpc) is 3.05. The first-order chi connectivity index (χ1) is 14.0. The monoisotopic (exact) mass is 392 g/mol. The lowest BCUT2D eigenvalue weighted by molar-refractivity contribution is -0.140. The van der Waals surface area contributed by atoms with Crippen LogP contribution in [-0.4, -0.2) is 33.3 Å². The molecule has 148 valence electrons. The van der Waals surface area contributed by atoms with Crippen LogP contribution in [0.25, 0.3) is 5.69 Å². The maximum Gasteiger partial charge on any atom is 0.305 e. The van der Waals surface area contributed by atoms with Crippen molar-refractivity contribution in [2.45, 2.75) is 32.7 Å². The summed E-state index contributed by atoms with van der Waals surface area (Å²) in [7, 11) is 1.37. The second kappa shape index (κ2) is 7.58. The lowest BCUT2D eigenvalue weighted by atomic mass is 10.0. The number of pyridine rings is 1. The lowest BCUT2D eigenvalue weighted by Crippen LogP contribution is -2.10. The minimum absolute atomic E-state index is 0.204. The second-order valence-corrected chi connectivity index (χ2v) is 7.04. The highest BCUT2D eigenvalue weighted by Crippen LogP contribution is 2.34. The standard InChI is InChI=1S/C22H21FN4O2/c1-13-10-19-15(11-16(13)23)21(17-6-4-5-9-24-17)26-18(7-8-20(28)29-3)22-25-12-14(2)27(19)22/h4-6,9-12,18H,7-8H2,1-3H3/t18-/m0/s1. The van der Waals surface area contributed by atoms with Crippen LogP contribution < -0.4 is 0 Å².